The summed E-state index contributed by atoms with van der Waals surface area (Å²) in [4.78, 5) is 22.6. The van der Waals surface area contributed by atoms with Crippen LogP contribution in [-0.4, -0.2) is 27.5 Å². The maximum Gasteiger partial charge on any atom is 0.287 e. The Balaban J connectivity index is 2.13. The molecule has 1 aromatic rings. The lowest BCUT2D eigenvalue weighted by Crippen LogP contribution is -2.49. The molecule has 0 saturated heterocycles. The van der Waals surface area contributed by atoms with Gasteiger partial charge in [0.05, 0.1) is 11.1 Å². The Morgan fingerprint density at radius 3 is 2.85 bits per heavy atom. The van der Waals surface area contributed by atoms with Gasteiger partial charge in [-0.1, -0.05) is 12.8 Å². The summed E-state index contributed by atoms with van der Waals surface area (Å²) in [6.45, 7) is 2.35. The van der Waals surface area contributed by atoms with Crippen molar-refractivity contribution in [2.45, 2.75) is 51.2 Å². The number of aromatic nitrogens is 1. The molecule has 1 fully saturated rings. The van der Waals surface area contributed by atoms with Crippen molar-refractivity contribution in [3.8, 4) is 0 Å². The average molecular weight is 280 g/mol. The highest BCUT2D eigenvalue weighted by molar-refractivity contribution is 5.93. The van der Waals surface area contributed by atoms with Gasteiger partial charge in [-0.25, -0.2) is 0 Å². The molecule has 0 aromatic carbocycles. The van der Waals surface area contributed by atoms with E-state index in [2.05, 4.69) is 5.32 Å². The van der Waals surface area contributed by atoms with Crippen molar-refractivity contribution >= 4 is 11.6 Å². The van der Waals surface area contributed by atoms with Gasteiger partial charge in [0.25, 0.3) is 11.6 Å². The fraction of sp³-hybridized carbons (Fsp3) is 0.615. The number of nitrogens with two attached hydrogens (primary N) is 1. The lowest BCUT2D eigenvalue weighted by atomic mass is 9.91. The molecular weight excluding hydrogens is 260 g/mol. The highest BCUT2D eigenvalue weighted by Gasteiger charge is 2.26. The standard InChI is InChI=1S/C13H20N4O3/c1-2-16-8-9(17(19)20)7-12(16)13(18)15-11-6-4-3-5-10(11)14/h7-8,10-11H,2-6,14H2,1H3,(H,15,18)/t10-,11-/m1/s1. The zero-order valence-electron chi connectivity index (χ0n) is 11.5. The fourth-order valence-electron chi connectivity index (χ4n) is 2.63. The maximum absolute atomic E-state index is 12.3. The SMILES string of the molecule is CCn1cc([N+](=O)[O-])cc1C(=O)N[C@@H]1CCCC[C@H]1N. The van der Waals surface area contributed by atoms with Crippen molar-refractivity contribution in [3.63, 3.8) is 0 Å². The number of rotatable bonds is 4. The van der Waals surface area contributed by atoms with Crippen molar-refractivity contribution in [1.29, 1.82) is 0 Å². The molecule has 1 saturated carbocycles. The van der Waals surface area contributed by atoms with Crippen LogP contribution in [0.25, 0.3) is 0 Å². The van der Waals surface area contributed by atoms with Crippen LogP contribution in [0.2, 0.25) is 0 Å². The third kappa shape index (κ3) is 2.98. The van der Waals surface area contributed by atoms with Gasteiger partial charge in [-0.2, -0.15) is 0 Å². The van der Waals surface area contributed by atoms with E-state index in [4.69, 9.17) is 5.73 Å². The lowest BCUT2D eigenvalue weighted by molar-refractivity contribution is -0.384. The number of nitro groups is 1. The highest BCUT2D eigenvalue weighted by Crippen LogP contribution is 2.19. The molecule has 0 unspecified atom stereocenters. The number of hydrogen-bond donors (Lipinski definition) is 2. The number of amides is 1. The van der Waals surface area contributed by atoms with Gasteiger partial charge in [-0.3, -0.25) is 14.9 Å². The minimum absolute atomic E-state index is 0.0345. The predicted octanol–water partition coefficient (Wildman–Crippen LogP) is 1.42. The van der Waals surface area contributed by atoms with E-state index in [9.17, 15) is 14.9 Å². The molecule has 20 heavy (non-hydrogen) atoms. The van der Waals surface area contributed by atoms with Gasteiger partial charge in [0.1, 0.15) is 5.69 Å². The van der Waals surface area contributed by atoms with E-state index < -0.39 is 4.92 Å². The monoisotopic (exact) mass is 280 g/mol. The molecule has 1 heterocycles. The zero-order valence-corrected chi connectivity index (χ0v) is 11.5. The quantitative estimate of drug-likeness (QED) is 0.643. The molecule has 2 rings (SSSR count). The highest BCUT2D eigenvalue weighted by atomic mass is 16.6. The van der Waals surface area contributed by atoms with Crippen molar-refractivity contribution in [2.24, 2.45) is 5.73 Å². The topological polar surface area (TPSA) is 103 Å². The van der Waals surface area contributed by atoms with E-state index in [1.165, 1.54) is 12.3 Å². The Labute approximate surface area is 117 Å². The molecule has 0 bridgehead atoms. The average Bonchev–Trinajstić information content (AvgIpc) is 2.85. The van der Waals surface area contributed by atoms with Crippen LogP contribution in [-0.2, 0) is 6.54 Å². The number of nitrogens with one attached hydrogen (secondary N) is 1. The van der Waals surface area contributed by atoms with Crippen LogP contribution in [0, 0.1) is 10.1 Å². The van der Waals surface area contributed by atoms with Crippen LogP contribution < -0.4 is 11.1 Å². The second-order valence-electron chi connectivity index (χ2n) is 5.15. The lowest BCUT2D eigenvalue weighted by Gasteiger charge is -2.29. The van der Waals surface area contributed by atoms with Crippen LogP contribution >= 0.6 is 0 Å². The summed E-state index contributed by atoms with van der Waals surface area (Å²) >= 11 is 0. The van der Waals surface area contributed by atoms with E-state index in [0.717, 1.165) is 25.7 Å². The summed E-state index contributed by atoms with van der Waals surface area (Å²) in [5.41, 5.74) is 6.25. The van der Waals surface area contributed by atoms with Crippen LogP contribution in [0.15, 0.2) is 12.3 Å². The van der Waals surface area contributed by atoms with Crippen LogP contribution in [0.3, 0.4) is 0 Å². The Kier molecular flexibility index (Phi) is 4.39. The number of nitrogens with zero attached hydrogens (tertiary/aromatic N) is 2. The van der Waals surface area contributed by atoms with E-state index in [-0.39, 0.29) is 23.7 Å². The molecule has 7 nitrogen and oxygen atoms in total. The molecule has 2 atom stereocenters. The molecule has 0 aliphatic heterocycles. The zero-order chi connectivity index (χ0) is 14.7. The van der Waals surface area contributed by atoms with Gasteiger partial charge < -0.3 is 15.6 Å². The van der Waals surface area contributed by atoms with Crippen LogP contribution in [0.4, 0.5) is 5.69 Å². The van der Waals surface area contributed by atoms with Crippen molar-refractivity contribution in [1.82, 2.24) is 9.88 Å². The molecular formula is C13H20N4O3. The molecule has 0 radical (unpaired) electrons. The first-order valence-electron chi connectivity index (χ1n) is 6.94. The van der Waals surface area contributed by atoms with Gasteiger partial charge in [0, 0.05) is 24.7 Å². The van der Waals surface area contributed by atoms with E-state index in [1.54, 1.807) is 4.57 Å². The second kappa shape index (κ2) is 6.04. The molecule has 0 spiro atoms. The number of carbonyl (C=O) groups is 1. The third-order valence-corrected chi connectivity index (χ3v) is 3.80. The summed E-state index contributed by atoms with van der Waals surface area (Å²) in [5.74, 6) is -0.290. The minimum Gasteiger partial charge on any atom is -0.346 e. The Morgan fingerprint density at radius 1 is 1.55 bits per heavy atom. The largest absolute Gasteiger partial charge is 0.346 e. The van der Waals surface area contributed by atoms with Crippen molar-refractivity contribution in [3.05, 3.63) is 28.1 Å². The van der Waals surface area contributed by atoms with Crippen molar-refractivity contribution in [2.75, 3.05) is 0 Å². The van der Waals surface area contributed by atoms with Gasteiger partial charge in [0.15, 0.2) is 0 Å². The molecule has 3 N–H and O–H groups in total. The first-order chi connectivity index (χ1) is 9.52. The predicted molar refractivity (Wildman–Crippen MR) is 74.5 cm³/mol. The normalized spacial score (nSPS) is 22.5. The van der Waals surface area contributed by atoms with Crippen LogP contribution in [0.5, 0.6) is 0 Å². The molecule has 110 valence electrons. The number of hydrogen-bond acceptors (Lipinski definition) is 4. The summed E-state index contributed by atoms with van der Waals surface area (Å²) in [7, 11) is 0. The molecule has 1 aliphatic rings. The van der Waals surface area contributed by atoms with E-state index in [1.807, 2.05) is 6.92 Å². The first-order valence-corrected chi connectivity index (χ1v) is 6.94. The first kappa shape index (κ1) is 14.5. The number of carbonyl (C=O) groups excluding carboxylic acids is 1. The Morgan fingerprint density at radius 2 is 2.25 bits per heavy atom. The van der Waals surface area contributed by atoms with E-state index in [0.29, 0.717) is 12.2 Å². The summed E-state index contributed by atoms with van der Waals surface area (Å²) < 4.78 is 1.59. The molecule has 7 heteroatoms. The van der Waals surface area contributed by atoms with Crippen molar-refractivity contribution < 1.29 is 9.72 Å². The smallest absolute Gasteiger partial charge is 0.287 e. The molecule has 1 amide bonds. The molecule has 1 aromatic heterocycles. The maximum atomic E-state index is 12.3. The third-order valence-electron chi connectivity index (χ3n) is 3.80. The number of aryl methyl sites for hydroxylation is 1. The van der Waals surface area contributed by atoms with Gasteiger partial charge in [-0.15, -0.1) is 0 Å². The van der Waals surface area contributed by atoms with Gasteiger partial charge >= 0.3 is 0 Å². The Hall–Kier alpha value is -1.89. The van der Waals surface area contributed by atoms with Crippen LogP contribution in [0.1, 0.15) is 43.1 Å². The summed E-state index contributed by atoms with van der Waals surface area (Å²) in [5, 5.41) is 13.7. The Bertz CT molecular complexity index is 512. The second-order valence-corrected chi connectivity index (χ2v) is 5.15. The van der Waals surface area contributed by atoms with E-state index >= 15 is 0 Å². The fourth-order valence-corrected chi connectivity index (χ4v) is 2.63. The molecule has 1 aliphatic carbocycles. The summed E-state index contributed by atoms with van der Waals surface area (Å²) in [6.07, 6.45) is 5.29. The summed E-state index contributed by atoms with van der Waals surface area (Å²) in [6, 6.07) is 1.23. The minimum atomic E-state index is -0.491. The van der Waals surface area contributed by atoms with Gasteiger partial charge in [-0.05, 0) is 19.8 Å². The van der Waals surface area contributed by atoms with Gasteiger partial charge in [0.2, 0.25) is 0 Å².